The first-order chi connectivity index (χ1) is 16.0. The molecule has 0 radical (unpaired) electrons. The number of nitrogens with zero attached hydrogens (tertiary/aromatic N) is 2. The third kappa shape index (κ3) is 4.45. The number of thioether (sulfide) groups is 1. The van der Waals surface area contributed by atoms with Gasteiger partial charge in [-0.15, -0.1) is 11.3 Å². The lowest BCUT2D eigenvalue weighted by atomic mass is 9.89. The van der Waals surface area contributed by atoms with Crippen LogP contribution in [-0.2, 0) is 17.6 Å². The number of carbonyl (C=O) groups excluding carboxylic acids is 1. The molecule has 1 atom stereocenters. The molecule has 5 nitrogen and oxygen atoms in total. The Morgan fingerprint density at radius 2 is 1.97 bits per heavy atom. The van der Waals surface area contributed by atoms with Crippen LogP contribution in [0, 0.1) is 5.92 Å². The number of fused-ring (bicyclic) bond motifs is 3. The van der Waals surface area contributed by atoms with E-state index in [0.717, 1.165) is 40.7 Å². The van der Waals surface area contributed by atoms with E-state index in [1.807, 2.05) is 42.5 Å². The van der Waals surface area contributed by atoms with Crippen LogP contribution < -0.4 is 10.9 Å². The van der Waals surface area contributed by atoms with E-state index in [1.165, 1.54) is 16.6 Å². The normalized spacial score (nSPS) is 15.4. The summed E-state index contributed by atoms with van der Waals surface area (Å²) in [4.78, 5) is 33.3. The Bertz CT molecular complexity index is 1400. The average Bonchev–Trinajstić information content (AvgIpc) is 3.17. The summed E-state index contributed by atoms with van der Waals surface area (Å²) in [6.45, 7) is 2.25. The van der Waals surface area contributed by atoms with Gasteiger partial charge in [-0.25, -0.2) is 4.98 Å². The lowest BCUT2D eigenvalue weighted by molar-refractivity contribution is -0.113. The Hall–Kier alpha value is -2.61. The van der Waals surface area contributed by atoms with Gasteiger partial charge >= 0.3 is 0 Å². The number of aryl methyl sites for hydroxylation is 1. The number of aromatic nitrogens is 2. The number of amides is 1. The molecule has 2 aromatic carbocycles. The van der Waals surface area contributed by atoms with E-state index in [9.17, 15) is 9.59 Å². The van der Waals surface area contributed by atoms with Crippen LogP contribution in [0.2, 0.25) is 5.02 Å². The second kappa shape index (κ2) is 9.33. The Morgan fingerprint density at radius 1 is 1.21 bits per heavy atom. The van der Waals surface area contributed by atoms with Crippen molar-refractivity contribution < 1.29 is 4.79 Å². The summed E-state index contributed by atoms with van der Waals surface area (Å²) < 4.78 is 1.64. The van der Waals surface area contributed by atoms with Crippen molar-refractivity contribution >= 4 is 56.5 Å². The van der Waals surface area contributed by atoms with Gasteiger partial charge in [0.2, 0.25) is 5.91 Å². The minimum absolute atomic E-state index is 0.0627. The maximum Gasteiger partial charge on any atom is 0.267 e. The van der Waals surface area contributed by atoms with Gasteiger partial charge in [0.15, 0.2) is 5.16 Å². The molecule has 1 aliphatic carbocycles. The molecule has 2 heterocycles. The summed E-state index contributed by atoms with van der Waals surface area (Å²) in [5.41, 5.74) is 2.40. The quantitative estimate of drug-likeness (QED) is 0.274. The zero-order chi connectivity index (χ0) is 22.9. The number of nitrogens with one attached hydrogen (secondary N) is 1. The van der Waals surface area contributed by atoms with Crippen molar-refractivity contribution in [2.24, 2.45) is 5.92 Å². The van der Waals surface area contributed by atoms with Crippen molar-refractivity contribution in [3.63, 3.8) is 0 Å². The Balaban J connectivity index is 1.52. The maximum atomic E-state index is 13.7. The second-order valence-corrected chi connectivity index (χ2v) is 10.7. The first-order valence-corrected chi connectivity index (χ1v) is 13.0. The molecule has 1 N–H and O–H groups in total. The number of para-hydroxylation sites is 2. The van der Waals surface area contributed by atoms with E-state index < -0.39 is 0 Å². The van der Waals surface area contributed by atoms with Crippen LogP contribution in [-0.4, -0.2) is 21.2 Å². The van der Waals surface area contributed by atoms with Crippen molar-refractivity contribution in [1.29, 1.82) is 0 Å². The fourth-order valence-corrected chi connectivity index (χ4v) is 6.57. The van der Waals surface area contributed by atoms with Gasteiger partial charge in [0.25, 0.3) is 5.56 Å². The number of thiophene rings is 1. The standard InChI is InChI=1S/C25H22ClN3O2S2/c1-15-11-12-17-20(13-15)33-23-22(17)24(31)29(16-7-3-2-4-8-16)25(28-23)32-14-21(30)27-19-10-6-5-9-18(19)26/h2-10,15H,11-14H2,1H3,(H,27,30)/t15-/m0/s1. The van der Waals surface area contributed by atoms with Crippen molar-refractivity contribution in [3.05, 3.63) is 80.4 Å². The molecular formula is C25H22ClN3O2S2. The van der Waals surface area contributed by atoms with Crippen molar-refractivity contribution in [2.45, 2.75) is 31.3 Å². The van der Waals surface area contributed by atoms with Crippen LogP contribution in [0.5, 0.6) is 0 Å². The highest BCUT2D eigenvalue weighted by molar-refractivity contribution is 7.99. The van der Waals surface area contributed by atoms with Crippen molar-refractivity contribution in [1.82, 2.24) is 9.55 Å². The van der Waals surface area contributed by atoms with Crippen molar-refractivity contribution in [2.75, 3.05) is 11.1 Å². The van der Waals surface area contributed by atoms with E-state index in [1.54, 1.807) is 28.0 Å². The monoisotopic (exact) mass is 495 g/mol. The first-order valence-electron chi connectivity index (χ1n) is 10.8. The summed E-state index contributed by atoms with van der Waals surface area (Å²) >= 11 is 9.03. The number of halogens is 1. The summed E-state index contributed by atoms with van der Waals surface area (Å²) in [5.74, 6) is 0.517. The minimum Gasteiger partial charge on any atom is -0.324 e. The van der Waals surface area contributed by atoms with Gasteiger partial charge in [-0.2, -0.15) is 0 Å². The largest absolute Gasteiger partial charge is 0.324 e. The number of rotatable bonds is 5. The molecule has 0 unspecified atom stereocenters. The number of hydrogen-bond acceptors (Lipinski definition) is 5. The number of hydrogen-bond donors (Lipinski definition) is 1. The van der Waals surface area contributed by atoms with Crippen LogP contribution in [0.3, 0.4) is 0 Å². The molecule has 33 heavy (non-hydrogen) atoms. The lowest BCUT2D eigenvalue weighted by Gasteiger charge is -2.17. The molecule has 0 bridgehead atoms. The Morgan fingerprint density at radius 3 is 2.76 bits per heavy atom. The molecule has 0 fully saturated rings. The molecule has 0 saturated heterocycles. The summed E-state index contributed by atoms with van der Waals surface area (Å²) in [5, 5.41) is 4.56. The van der Waals surface area contributed by atoms with Crippen LogP contribution in [0.1, 0.15) is 23.8 Å². The highest BCUT2D eigenvalue weighted by Crippen LogP contribution is 2.37. The summed E-state index contributed by atoms with van der Waals surface area (Å²) in [7, 11) is 0. The smallest absolute Gasteiger partial charge is 0.267 e. The molecule has 4 aromatic rings. The Labute approximate surface area is 204 Å². The van der Waals surface area contributed by atoms with Gasteiger partial charge in [-0.1, -0.05) is 60.6 Å². The lowest BCUT2D eigenvalue weighted by Crippen LogP contribution is -2.23. The van der Waals surface area contributed by atoms with Crippen LogP contribution >= 0.6 is 34.7 Å². The van der Waals surface area contributed by atoms with E-state index >= 15 is 0 Å². The van der Waals surface area contributed by atoms with Gasteiger partial charge in [0, 0.05) is 4.88 Å². The van der Waals surface area contributed by atoms with Crippen molar-refractivity contribution in [3.8, 4) is 5.69 Å². The van der Waals surface area contributed by atoms with E-state index in [2.05, 4.69) is 12.2 Å². The average molecular weight is 496 g/mol. The van der Waals surface area contributed by atoms with Crippen LogP contribution in [0.25, 0.3) is 15.9 Å². The molecule has 2 aromatic heterocycles. The molecule has 5 rings (SSSR count). The Kier molecular flexibility index (Phi) is 6.27. The number of anilines is 1. The van der Waals surface area contributed by atoms with Gasteiger partial charge < -0.3 is 5.32 Å². The second-order valence-electron chi connectivity index (χ2n) is 8.22. The third-order valence-corrected chi connectivity index (χ3v) is 8.21. The van der Waals surface area contributed by atoms with Gasteiger partial charge in [-0.3, -0.25) is 14.2 Å². The van der Waals surface area contributed by atoms with E-state index in [4.69, 9.17) is 16.6 Å². The topological polar surface area (TPSA) is 64.0 Å². The van der Waals surface area contributed by atoms with Crippen LogP contribution in [0.4, 0.5) is 5.69 Å². The predicted molar refractivity (Wildman–Crippen MR) is 137 cm³/mol. The van der Waals surface area contributed by atoms with E-state index in [0.29, 0.717) is 21.8 Å². The summed E-state index contributed by atoms with van der Waals surface area (Å²) in [6.07, 6.45) is 2.99. The molecule has 168 valence electrons. The molecule has 0 saturated carbocycles. The van der Waals surface area contributed by atoms with Crippen LogP contribution in [0.15, 0.2) is 64.5 Å². The fourth-order valence-electron chi connectivity index (χ4n) is 4.15. The highest BCUT2D eigenvalue weighted by atomic mass is 35.5. The first kappa shape index (κ1) is 22.2. The molecular weight excluding hydrogens is 474 g/mol. The molecule has 1 amide bonds. The summed E-state index contributed by atoms with van der Waals surface area (Å²) in [6, 6.07) is 16.6. The molecule has 8 heteroatoms. The zero-order valence-corrected chi connectivity index (χ0v) is 20.4. The SMILES string of the molecule is C[C@H]1CCc2c(sc3nc(SCC(=O)Nc4ccccc4Cl)n(-c4ccccc4)c(=O)c23)C1. The van der Waals surface area contributed by atoms with E-state index in [-0.39, 0.29) is 17.2 Å². The highest BCUT2D eigenvalue weighted by Gasteiger charge is 2.25. The maximum absolute atomic E-state index is 13.7. The molecule has 1 aliphatic rings. The fraction of sp³-hybridized carbons (Fsp3) is 0.240. The third-order valence-electron chi connectivity index (χ3n) is 5.79. The predicted octanol–water partition coefficient (Wildman–Crippen LogP) is 5.96. The number of benzene rings is 2. The molecule has 0 aliphatic heterocycles. The van der Waals surface area contributed by atoms with Gasteiger partial charge in [-0.05, 0) is 55.0 Å². The van der Waals surface area contributed by atoms with Gasteiger partial charge in [0.05, 0.1) is 27.5 Å². The minimum atomic E-state index is -0.207. The zero-order valence-electron chi connectivity index (χ0n) is 18.0. The van der Waals surface area contributed by atoms with Gasteiger partial charge in [0.1, 0.15) is 4.83 Å². The number of carbonyl (C=O) groups is 1. The molecule has 0 spiro atoms.